The quantitative estimate of drug-likeness (QED) is 0.635. The predicted molar refractivity (Wildman–Crippen MR) is 74.7 cm³/mol. The first kappa shape index (κ1) is 10.7. The van der Waals surface area contributed by atoms with Gasteiger partial charge in [-0.15, -0.1) is 0 Å². The average Bonchev–Trinajstić information content (AvgIpc) is 2.76. The summed E-state index contributed by atoms with van der Waals surface area (Å²) in [6.45, 7) is 2.01. The van der Waals surface area contributed by atoms with Crippen LogP contribution in [-0.4, -0.2) is 9.97 Å². The first-order chi connectivity index (χ1) is 8.24. The second kappa shape index (κ2) is 4.10. The number of aromatic nitrogens is 2. The molecule has 4 heteroatoms. The molecule has 0 spiro atoms. The number of hydrogen-bond acceptors (Lipinski definition) is 3. The number of nitrogens with zero attached hydrogens (tertiary/aromatic N) is 2. The number of aryl methyl sites for hydroxylation is 1. The average molecular weight is 336 g/mol. The molecule has 0 saturated heterocycles. The smallest absolute Gasteiger partial charge is 0.226 e. The Morgan fingerprint density at radius 1 is 1.24 bits per heavy atom. The van der Waals surface area contributed by atoms with Crippen LogP contribution in [0.4, 0.5) is 0 Å². The molecule has 0 aliphatic carbocycles. The van der Waals surface area contributed by atoms with E-state index in [1.165, 1.54) is 0 Å². The van der Waals surface area contributed by atoms with Gasteiger partial charge in [0.1, 0.15) is 9.96 Å². The Hall–Kier alpha value is -1.43. The van der Waals surface area contributed by atoms with Gasteiger partial charge in [0.25, 0.3) is 0 Å². The molecule has 0 aliphatic rings. The minimum absolute atomic E-state index is 0.658. The van der Waals surface area contributed by atoms with Crippen LogP contribution in [0.2, 0.25) is 0 Å². The van der Waals surface area contributed by atoms with Crippen molar-refractivity contribution >= 4 is 33.4 Å². The fraction of sp³-hybridized carbons (Fsp3) is 0.0769. The third-order valence-electron chi connectivity index (χ3n) is 2.69. The lowest BCUT2D eigenvalue weighted by molar-refractivity contribution is 0.574. The zero-order chi connectivity index (χ0) is 11.8. The Balaban J connectivity index is 2.20. The molecule has 0 fully saturated rings. The molecular weight excluding hydrogens is 327 g/mol. The molecule has 0 unspecified atom stereocenters. The van der Waals surface area contributed by atoms with E-state index in [4.69, 9.17) is 4.42 Å². The minimum atomic E-state index is 0.658. The van der Waals surface area contributed by atoms with Gasteiger partial charge in [-0.25, -0.2) is 4.98 Å². The van der Waals surface area contributed by atoms with Crippen molar-refractivity contribution in [1.82, 2.24) is 9.97 Å². The van der Waals surface area contributed by atoms with Gasteiger partial charge in [-0.3, -0.25) is 4.98 Å². The number of rotatable bonds is 1. The van der Waals surface area contributed by atoms with Crippen LogP contribution < -0.4 is 0 Å². The summed E-state index contributed by atoms with van der Waals surface area (Å²) < 4.78 is 6.26. The number of fused-ring (bicyclic) bond motifs is 1. The third-order valence-corrected chi connectivity index (χ3v) is 3.18. The number of pyridine rings is 1. The zero-order valence-electron chi connectivity index (χ0n) is 9.14. The lowest BCUT2D eigenvalue weighted by atomic mass is 10.1. The van der Waals surface area contributed by atoms with E-state index >= 15 is 0 Å². The van der Waals surface area contributed by atoms with Crippen molar-refractivity contribution in [3.05, 3.63) is 46.1 Å². The molecule has 2 heterocycles. The number of oxazole rings is 1. The highest BCUT2D eigenvalue weighted by Crippen LogP contribution is 2.25. The van der Waals surface area contributed by atoms with Crippen LogP contribution in [0.5, 0.6) is 0 Å². The van der Waals surface area contributed by atoms with E-state index in [9.17, 15) is 0 Å². The van der Waals surface area contributed by atoms with Gasteiger partial charge in [0.2, 0.25) is 5.89 Å². The van der Waals surface area contributed by atoms with E-state index in [-0.39, 0.29) is 0 Å². The maximum absolute atomic E-state index is 5.40. The van der Waals surface area contributed by atoms with Gasteiger partial charge >= 0.3 is 0 Å². The third kappa shape index (κ3) is 1.93. The summed E-state index contributed by atoms with van der Waals surface area (Å²) in [5, 5.41) is 2.32. The second-order valence-electron chi connectivity index (χ2n) is 3.81. The molecule has 0 saturated carbocycles. The van der Waals surface area contributed by atoms with Crippen molar-refractivity contribution in [1.29, 1.82) is 0 Å². The summed E-state index contributed by atoms with van der Waals surface area (Å²) in [4.78, 5) is 8.59. The molecule has 2 aromatic heterocycles. The highest BCUT2D eigenvalue weighted by molar-refractivity contribution is 14.1. The van der Waals surface area contributed by atoms with Crippen LogP contribution in [0.25, 0.3) is 22.2 Å². The van der Waals surface area contributed by atoms with Gasteiger partial charge < -0.3 is 4.42 Å². The predicted octanol–water partition coefficient (Wildman–Crippen LogP) is 3.80. The molecule has 3 nitrogen and oxygen atoms in total. The van der Waals surface area contributed by atoms with Crippen molar-refractivity contribution in [2.24, 2.45) is 0 Å². The Kier molecular flexibility index (Phi) is 2.58. The van der Waals surface area contributed by atoms with Crippen LogP contribution >= 0.6 is 22.6 Å². The summed E-state index contributed by atoms with van der Waals surface area (Å²) in [6.07, 6.45) is 3.47. The van der Waals surface area contributed by atoms with E-state index in [0.717, 1.165) is 25.7 Å². The molecule has 0 amide bonds. The fourth-order valence-electron chi connectivity index (χ4n) is 1.85. The second-order valence-corrected chi connectivity index (χ2v) is 4.91. The van der Waals surface area contributed by atoms with Gasteiger partial charge in [0.05, 0.1) is 0 Å². The molecule has 17 heavy (non-hydrogen) atoms. The molecule has 3 aromatic rings. The zero-order valence-corrected chi connectivity index (χ0v) is 11.3. The van der Waals surface area contributed by atoms with Crippen molar-refractivity contribution in [3.63, 3.8) is 0 Å². The fourth-order valence-corrected chi connectivity index (χ4v) is 2.20. The summed E-state index contributed by atoms with van der Waals surface area (Å²) in [5.41, 5.74) is 2.03. The van der Waals surface area contributed by atoms with Crippen LogP contribution in [0.3, 0.4) is 0 Å². The van der Waals surface area contributed by atoms with Gasteiger partial charge in [0.15, 0.2) is 0 Å². The number of hydrogen-bond donors (Lipinski definition) is 0. The van der Waals surface area contributed by atoms with E-state index in [0.29, 0.717) is 5.89 Å². The van der Waals surface area contributed by atoms with E-state index in [1.54, 1.807) is 6.26 Å². The highest BCUT2D eigenvalue weighted by atomic mass is 127. The maximum Gasteiger partial charge on any atom is 0.226 e. The molecule has 1 aromatic carbocycles. The first-order valence-electron chi connectivity index (χ1n) is 5.21. The maximum atomic E-state index is 5.40. The SMILES string of the molecule is Cc1nccc2cc(-c3nc(I)co3)ccc12. The van der Waals surface area contributed by atoms with Crippen molar-refractivity contribution in [2.45, 2.75) is 6.92 Å². The molecule has 0 radical (unpaired) electrons. The molecule has 0 atom stereocenters. The standard InChI is InChI=1S/C13H9IN2O/c1-8-11-3-2-10(6-9(11)4-5-15-8)13-16-12(14)7-17-13/h2-7H,1H3. The van der Waals surface area contributed by atoms with Gasteiger partial charge in [-0.1, -0.05) is 6.07 Å². The van der Waals surface area contributed by atoms with Crippen molar-refractivity contribution in [2.75, 3.05) is 0 Å². The number of halogens is 1. The van der Waals surface area contributed by atoms with Gasteiger partial charge in [0, 0.05) is 22.8 Å². The van der Waals surface area contributed by atoms with Crippen molar-refractivity contribution in [3.8, 4) is 11.5 Å². The summed E-state index contributed by atoms with van der Waals surface area (Å²) in [7, 11) is 0. The molecule has 0 N–H and O–H groups in total. The molecule has 0 aliphatic heterocycles. The van der Waals surface area contributed by atoms with E-state index in [1.807, 2.05) is 25.3 Å². The first-order valence-corrected chi connectivity index (χ1v) is 6.29. The minimum Gasteiger partial charge on any atom is -0.443 e. The Morgan fingerprint density at radius 3 is 2.88 bits per heavy atom. The summed E-state index contributed by atoms with van der Waals surface area (Å²) in [6, 6.07) is 8.15. The Labute approximate surface area is 112 Å². The monoisotopic (exact) mass is 336 g/mol. The van der Waals surface area contributed by atoms with Crippen LogP contribution in [0.1, 0.15) is 5.69 Å². The van der Waals surface area contributed by atoms with E-state index < -0.39 is 0 Å². The highest BCUT2D eigenvalue weighted by Gasteiger charge is 2.06. The van der Waals surface area contributed by atoms with Crippen molar-refractivity contribution < 1.29 is 4.42 Å². The Morgan fingerprint density at radius 2 is 2.12 bits per heavy atom. The molecule has 0 bridgehead atoms. The summed E-state index contributed by atoms with van der Waals surface area (Å²) >= 11 is 2.14. The van der Waals surface area contributed by atoms with Crippen LogP contribution in [0.15, 0.2) is 41.1 Å². The molecule has 84 valence electrons. The van der Waals surface area contributed by atoms with Crippen LogP contribution in [0, 0.1) is 10.6 Å². The van der Waals surface area contributed by atoms with Gasteiger partial charge in [-0.05, 0) is 53.1 Å². The molecular formula is C13H9IN2O. The molecule has 3 rings (SSSR count). The Bertz CT molecular complexity index is 691. The van der Waals surface area contributed by atoms with Crippen LogP contribution in [-0.2, 0) is 0 Å². The van der Waals surface area contributed by atoms with E-state index in [2.05, 4.69) is 44.7 Å². The lowest BCUT2D eigenvalue weighted by Gasteiger charge is -2.02. The normalized spacial score (nSPS) is 10.9. The topological polar surface area (TPSA) is 38.9 Å². The largest absolute Gasteiger partial charge is 0.443 e. The van der Waals surface area contributed by atoms with Gasteiger partial charge in [-0.2, -0.15) is 0 Å². The summed E-state index contributed by atoms with van der Waals surface area (Å²) in [5.74, 6) is 0.658. The lowest BCUT2D eigenvalue weighted by Crippen LogP contribution is -1.84. The number of benzene rings is 1.